The molecule has 0 spiro atoms. The summed E-state index contributed by atoms with van der Waals surface area (Å²) in [5.74, 6) is -0.218. The molecule has 1 saturated carbocycles. The zero-order valence-electron chi connectivity index (χ0n) is 10.3. The van der Waals surface area contributed by atoms with Crippen LogP contribution in [-0.2, 0) is 15.1 Å². The molecule has 0 atom stereocenters. The van der Waals surface area contributed by atoms with E-state index < -0.39 is 0 Å². The van der Waals surface area contributed by atoms with Crippen molar-refractivity contribution < 1.29 is 9.53 Å². The molecule has 94 valence electrons. The van der Waals surface area contributed by atoms with Crippen LogP contribution in [0.4, 0.5) is 0 Å². The molecule has 0 aliphatic heterocycles. The number of aryl methyl sites for hydroxylation is 1. The van der Waals surface area contributed by atoms with E-state index in [0.717, 1.165) is 23.5 Å². The molecule has 1 aliphatic carbocycles. The number of ether oxygens (including phenoxy) is 1. The first-order chi connectivity index (χ1) is 8.16. The third-order valence-corrected chi connectivity index (χ3v) is 4.45. The van der Waals surface area contributed by atoms with Crippen LogP contribution in [0, 0.1) is 6.92 Å². The van der Waals surface area contributed by atoms with Crippen LogP contribution in [0.25, 0.3) is 0 Å². The molecule has 1 aliphatic rings. The lowest BCUT2D eigenvalue weighted by Gasteiger charge is -2.27. The molecule has 1 heterocycles. The van der Waals surface area contributed by atoms with E-state index in [-0.39, 0.29) is 18.1 Å². The zero-order valence-corrected chi connectivity index (χ0v) is 11.1. The lowest BCUT2D eigenvalue weighted by atomic mass is 9.98. The van der Waals surface area contributed by atoms with Crippen molar-refractivity contribution in [3.8, 4) is 0 Å². The molecule has 4 nitrogen and oxygen atoms in total. The van der Waals surface area contributed by atoms with Gasteiger partial charge in [0.15, 0.2) is 0 Å². The number of carbonyl (C=O) groups excluding carboxylic acids is 1. The molecule has 1 fully saturated rings. The predicted octanol–water partition coefficient (Wildman–Crippen LogP) is 1.98. The molecule has 1 aromatic heterocycles. The van der Waals surface area contributed by atoms with Gasteiger partial charge in [-0.15, -0.1) is 11.3 Å². The number of methoxy groups -OCH3 is 1. The van der Waals surface area contributed by atoms with E-state index in [4.69, 9.17) is 0 Å². The summed E-state index contributed by atoms with van der Waals surface area (Å²) in [6.45, 7) is 2.26. The summed E-state index contributed by atoms with van der Waals surface area (Å²) in [7, 11) is 1.42. The number of hydrogen-bond donors (Lipinski definition) is 1. The van der Waals surface area contributed by atoms with Crippen LogP contribution < -0.4 is 5.32 Å². The second-order valence-electron chi connectivity index (χ2n) is 4.51. The van der Waals surface area contributed by atoms with Gasteiger partial charge in [-0.05, 0) is 19.8 Å². The van der Waals surface area contributed by atoms with Gasteiger partial charge < -0.3 is 4.74 Å². The first kappa shape index (κ1) is 12.5. The highest BCUT2D eigenvalue weighted by atomic mass is 32.1. The van der Waals surface area contributed by atoms with Crippen molar-refractivity contribution in [2.75, 3.05) is 13.7 Å². The van der Waals surface area contributed by atoms with Crippen molar-refractivity contribution in [1.82, 2.24) is 10.3 Å². The highest BCUT2D eigenvalue weighted by Gasteiger charge is 2.38. The summed E-state index contributed by atoms with van der Waals surface area (Å²) < 4.78 is 4.68. The lowest BCUT2D eigenvalue weighted by Crippen LogP contribution is -2.42. The van der Waals surface area contributed by atoms with Crippen LogP contribution in [0.3, 0.4) is 0 Å². The second kappa shape index (κ2) is 5.14. The molecule has 0 unspecified atom stereocenters. The topological polar surface area (TPSA) is 51.2 Å². The van der Waals surface area contributed by atoms with Crippen LogP contribution in [0.5, 0.6) is 0 Å². The minimum absolute atomic E-state index is 0.104. The van der Waals surface area contributed by atoms with Gasteiger partial charge in [-0.3, -0.25) is 10.1 Å². The fourth-order valence-electron chi connectivity index (χ4n) is 2.33. The smallest absolute Gasteiger partial charge is 0.319 e. The van der Waals surface area contributed by atoms with Crippen molar-refractivity contribution in [3.05, 3.63) is 16.1 Å². The Morgan fingerprint density at radius 1 is 1.59 bits per heavy atom. The number of rotatable bonds is 4. The molecule has 5 heteroatoms. The van der Waals surface area contributed by atoms with Gasteiger partial charge in [0.2, 0.25) is 0 Å². The molecule has 0 saturated heterocycles. The van der Waals surface area contributed by atoms with E-state index in [0.29, 0.717) is 0 Å². The fraction of sp³-hybridized carbons (Fsp3) is 0.667. The van der Waals surface area contributed by atoms with E-state index in [1.165, 1.54) is 20.0 Å². The summed E-state index contributed by atoms with van der Waals surface area (Å²) in [5.41, 5.74) is 0.948. The van der Waals surface area contributed by atoms with Gasteiger partial charge in [0.1, 0.15) is 5.01 Å². The molecule has 0 bridgehead atoms. The fourth-order valence-corrected chi connectivity index (χ4v) is 3.37. The van der Waals surface area contributed by atoms with E-state index in [2.05, 4.69) is 20.4 Å². The number of carbonyl (C=O) groups is 1. The number of nitrogens with zero attached hydrogens (tertiary/aromatic N) is 1. The van der Waals surface area contributed by atoms with Crippen molar-refractivity contribution in [2.24, 2.45) is 0 Å². The maximum atomic E-state index is 11.2. The standard InChI is InChI=1S/C12H18N2O2S/c1-9-8-17-11(14-9)12(5-3-4-6-12)13-7-10(15)16-2/h8,13H,3-7H2,1-2H3. The Bertz CT molecular complexity index is 397. The number of thiazole rings is 1. The summed E-state index contributed by atoms with van der Waals surface area (Å²) >= 11 is 1.68. The van der Waals surface area contributed by atoms with Gasteiger partial charge in [-0.25, -0.2) is 4.98 Å². The van der Waals surface area contributed by atoms with Gasteiger partial charge in [0, 0.05) is 11.1 Å². The largest absolute Gasteiger partial charge is 0.468 e. The Hall–Kier alpha value is -0.940. The first-order valence-electron chi connectivity index (χ1n) is 5.91. The highest BCUT2D eigenvalue weighted by molar-refractivity contribution is 7.09. The van der Waals surface area contributed by atoms with E-state index in [1.807, 2.05) is 6.92 Å². The average Bonchev–Trinajstić information content (AvgIpc) is 2.95. The molecule has 1 aromatic rings. The summed E-state index contributed by atoms with van der Waals surface area (Å²) in [4.78, 5) is 15.8. The van der Waals surface area contributed by atoms with Crippen LogP contribution in [0.15, 0.2) is 5.38 Å². The van der Waals surface area contributed by atoms with Gasteiger partial charge in [0.25, 0.3) is 0 Å². The lowest BCUT2D eigenvalue weighted by molar-refractivity contribution is -0.140. The van der Waals surface area contributed by atoms with Gasteiger partial charge in [0.05, 0.1) is 19.2 Å². The molecule has 17 heavy (non-hydrogen) atoms. The molecule has 0 aromatic carbocycles. The van der Waals surface area contributed by atoms with Crippen LogP contribution in [0.1, 0.15) is 36.4 Å². The zero-order chi connectivity index (χ0) is 12.3. The Kier molecular flexibility index (Phi) is 3.79. The quantitative estimate of drug-likeness (QED) is 0.835. The third-order valence-electron chi connectivity index (χ3n) is 3.28. The molecular formula is C12H18N2O2S. The SMILES string of the molecule is COC(=O)CNC1(c2nc(C)cs2)CCCC1. The third kappa shape index (κ3) is 2.66. The Morgan fingerprint density at radius 2 is 2.29 bits per heavy atom. The average molecular weight is 254 g/mol. The van der Waals surface area contributed by atoms with Gasteiger partial charge >= 0.3 is 5.97 Å². The second-order valence-corrected chi connectivity index (χ2v) is 5.37. The predicted molar refractivity (Wildman–Crippen MR) is 67.0 cm³/mol. The van der Waals surface area contributed by atoms with E-state index >= 15 is 0 Å². The van der Waals surface area contributed by atoms with Gasteiger partial charge in [-0.1, -0.05) is 12.8 Å². The maximum Gasteiger partial charge on any atom is 0.319 e. The monoisotopic (exact) mass is 254 g/mol. The van der Waals surface area contributed by atoms with Crippen LogP contribution in [-0.4, -0.2) is 24.6 Å². The summed E-state index contributed by atoms with van der Waals surface area (Å²) in [6.07, 6.45) is 4.48. The summed E-state index contributed by atoms with van der Waals surface area (Å²) in [6, 6.07) is 0. The summed E-state index contributed by atoms with van der Waals surface area (Å²) in [5, 5.41) is 6.52. The van der Waals surface area contributed by atoms with Crippen LogP contribution in [0.2, 0.25) is 0 Å². The van der Waals surface area contributed by atoms with Crippen molar-refractivity contribution in [3.63, 3.8) is 0 Å². The minimum Gasteiger partial charge on any atom is -0.468 e. The highest BCUT2D eigenvalue weighted by Crippen LogP contribution is 2.39. The molecule has 0 amide bonds. The normalized spacial score (nSPS) is 18.2. The van der Waals surface area contributed by atoms with Gasteiger partial charge in [-0.2, -0.15) is 0 Å². The van der Waals surface area contributed by atoms with E-state index in [1.54, 1.807) is 11.3 Å². The number of nitrogens with one attached hydrogen (secondary N) is 1. The molecule has 1 N–H and O–H groups in total. The molecule has 2 rings (SSSR count). The Balaban J connectivity index is 2.12. The number of aromatic nitrogens is 1. The minimum atomic E-state index is -0.218. The molecular weight excluding hydrogens is 236 g/mol. The Labute approximate surface area is 105 Å². The van der Waals surface area contributed by atoms with Crippen molar-refractivity contribution in [1.29, 1.82) is 0 Å². The van der Waals surface area contributed by atoms with Crippen LogP contribution >= 0.6 is 11.3 Å². The van der Waals surface area contributed by atoms with Crippen molar-refractivity contribution >= 4 is 17.3 Å². The first-order valence-corrected chi connectivity index (χ1v) is 6.79. The molecule has 0 radical (unpaired) electrons. The number of hydrogen-bond acceptors (Lipinski definition) is 5. The Morgan fingerprint density at radius 3 is 2.82 bits per heavy atom. The maximum absolute atomic E-state index is 11.2. The number of esters is 1. The van der Waals surface area contributed by atoms with Crippen molar-refractivity contribution in [2.45, 2.75) is 38.1 Å². The van der Waals surface area contributed by atoms with E-state index in [9.17, 15) is 4.79 Å².